The Morgan fingerprint density at radius 2 is 1.75 bits per heavy atom. The van der Waals surface area contributed by atoms with Crippen LogP contribution in [0.5, 0.6) is 0 Å². The molecule has 1 N–H and O–H groups in total. The number of hydrogen-bond acceptors (Lipinski definition) is 5. The summed E-state index contributed by atoms with van der Waals surface area (Å²) in [6.07, 6.45) is 3.69. The van der Waals surface area contributed by atoms with Gasteiger partial charge in [0.05, 0.1) is 38.1 Å². The third kappa shape index (κ3) is 5.53. The third-order valence-electron chi connectivity index (χ3n) is 5.35. The van der Waals surface area contributed by atoms with Crippen molar-refractivity contribution in [1.82, 2.24) is 14.7 Å². The van der Waals surface area contributed by atoms with Gasteiger partial charge in [0.25, 0.3) is 0 Å². The van der Waals surface area contributed by atoms with Crippen LogP contribution < -0.4 is 10.2 Å². The van der Waals surface area contributed by atoms with Gasteiger partial charge in [0.2, 0.25) is 11.8 Å². The van der Waals surface area contributed by atoms with Crippen molar-refractivity contribution in [1.29, 1.82) is 0 Å². The van der Waals surface area contributed by atoms with Crippen molar-refractivity contribution >= 4 is 23.2 Å². The molecule has 166 valence electrons. The van der Waals surface area contributed by atoms with Gasteiger partial charge in [-0.05, 0) is 42.0 Å². The zero-order chi connectivity index (χ0) is 22.3. The summed E-state index contributed by atoms with van der Waals surface area (Å²) in [6, 6.07) is 17.4. The van der Waals surface area contributed by atoms with Gasteiger partial charge in [-0.2, -0.15) is 5.10 Å². The standard InChI is InChI=1S/C24H27N5O3/c1-27(24(31)15-19-16-25-29(17-19)22-5-3-2-4-6-22)18-23(30)26-20-7-9-21(10-8-20)28-11-13-32-14-12-28/h2-10,16-17H,11-15,18H2,1H3,(H,26,30). The van der Waals surface area contributed by atoms with Gasteiger partial charge in [-0.1, -0.05) is 18.2 Å². The maximum absolute atomic E-state index is 12.6. The zero-order valence-electron chi connectivity index (χ0n) is 18.1. The number of carbonyl (C=O) groups is 2. The summed E-state index contributed by atoms with van der Waals surface area (Å²) in [7, 11) is 1.63. The summed E-state index contributed by atoms with van der Waals surface area (Å²) < 4.78 is 7.11. The second-order valence-electron chi connectivity index (χ2n) is 7.75. The number of ether oxygens (including phenoxy) is 1. The molecule has 0 atom stereocenters. The molecule has 3 aromatic rings. The van der Waals surface area contributed by atoms with E-state index in [1.165, 1.54) is 4.90 Å². The Hall–Kier alpha value is -3.65. The summed E-state index contributed by atoms with van der Waals surface area (Å²) >= 11 is 0. The highest BCUT2D eigenvalue weighted by atomic mass is 16.5. The van der Waals surface area contributed by atoms with Crippen LogP contribution >= 0.6 is 0 Å². The van der Waals surface area contributed by atoms with Crippen LogP contribution in [0.3, 0.4) is 0 Å². The molecule has 0 spiro atoms. The molecule has 0 radical (unpaired) electrons. The molecule has 2 amide bonds. The van der Waals surface area contributed by atoms with Gasteiger partial charge in [-0.15, -0.1) is 0 Å². The Morgan fingerprint density at radius 3 is 2.47 bits per heavy atom. The lowest BCUT2D eigenvalue weighted by Gasteiger charge is -2.28. The number of para-hydroxylation sites is 1. The van der Waals surface area contributed by atoms with E-state index in [0.717, 1.165) is 43.2 Å². The number of anilines is 2. The molecule has 1 saturated heterocycles. The summed E-state index contributed by atoms with van der Waals surface area (Å²) in [4.78, 5) is 28.6. The van der Waals surface area contributed by atoms with Gasteiger partial charge in [-0.3, -0.25) is 9.59 Å². The van der Waals surface area contributed by atoms with Gasteiger partial charge in [-0.25, -0.2) is 4.68 Å². The van der Waals surface area contributed by atoms with Crippen molar-refractivity contribution in [3.8, 4) is 5.69 Å². The van der Waals surface area contributed by atoms with Crippen LogP contribution in [0.25, 0.3) is 5.69 Å². The molecule has 0 saturated carbocycles. The predicted octanol–water partition coefficient (Wildman–Crippen LogP) is 2.35. The summed E-state index contributed by atoms with van der Waals surface area (Å²) in [5, 5.41) is 7.17. The molecule has 4 rings (SSSR count). The smallest absolute Gasteiger partial charge is 0.243 e. The Kier molecular flexibility index (Phi) is 6.81. The number of benzene rings is 2. The van der Waals surface area contributed by atoms with E-state index in [-0.39, 0.29) is 24.8 Å². The molecule has 8 heteroatoms. The van der Waals surface area contributed by atoms with Gasteiger partial charge in [0.15, 0.2) is 0 Å². The van der Waals surface area contributed by atoms with E-state index in [1.54, 1.807) is 17.9 Å². The first-order valence-corrected chi connectivity index (χ1v) is 10.6. The Bertz CT molecular complexity index is 1040. The van der Waals surface area contributed by atoms with E-state index in [4.69, 9.17) is 4.74 Å². The Labute approximate surface area is 187 Å². The summed E-state index contributed by atoms with van der Waals surface area (Å²) in [6.45, 7) is 3.17. The van der Waals surface area contributed by atoms with E-state index in [1.807, 2.05) is 60.8 Å². The number of nitrogens with one attached hydrogen (secondary N) is 1. The van der Waals surface area contributed by atoms with E-state index >= 15 is 0 Å². The predicted molar refractivity (Wildman–Crippen MR) is 123 cm³/mol. The van der Waals surface area contributed by atoms with Crippen LogP contribution in [0, 0.1) is 0 Å². The Balaban J connectivity index is 1.27. The molecule has 1 aromatic heterocycles. The van der Waals surface area contributed by atoms with Crippen LogP contribution in [0.1, 0.15) is 5.56 Å². The van der Waals surface area contributed by atoms with E-state index < -0.39 is 0 Å². The van der Waals surface area contributed by atoms with Crippen LogP contribution in [-0.4, -0.2) is 66.4 Å². The minimum atomic E-state index is -0.236. The average Bonchev–Trinajstić information content (AvgIpc) is 3.29. The second kappa shape index (κ2) is 10.1. The highest BCUT2D eigenvalue weighted by Gasteiger charge is 2.15. The fraction of sp³-hybridized carbons (Fsp3) is 0.292. The van der Waals surface area contributed by atoms with E-state index in [0.29, 0.717) is 5.69 Å². The molecule has 0 aliphatic carbocycles. The number of aromatic nitrogens is 2. The van der Waals surface area contributed by atoms with E-state index in [9.17, 15) is 9.59 Å². The van der Waals surface area contributed by atoms with Crippen molar-refractivity contribution in [2.45, 2.75) is 6.42 Å². The van der Waals surface area contributed by atoms with Crippen LogP contribution in [0.15, 0.2) is 67.0 Å². The molecular formula is C24H27N5O3. The zero-order valence-corrected chi connectivity index (χ0v) is 18.1. The molecule has 2 heterocycles. The number of carbonyl (C=O) groups excluding carboxylic acids is 2. The van der Waals surface area contributed by atoms with Gasteiger partial charge >= 0.3 is 0 Å². The molecule has 32 heavy (non-hydrogen) atoms. The first kappa shape index (κ1) is 21.6. The maximum Gasteiger partial charge on any atom is 0.243 e. The van der Waals surface area contributed by atoms with Gasteiger partial charge < -0.3 is 19.9 Å². The van der Waals surface area contributed by atoms with Gasteiger partial charge in [0, 0.05) is 37.7 Å². The fourth-order valence-corrected chi connectivity index (χ4v) is 3.56. The molecule has 0 bridgehead atoms. The van der Waals surface area contributed by atoms with E-state index in [2.05, 4.69) is 15.3 Å². The lowest BCUT2D eigenvalue weighted by Crippen LogP contribution is -2.36. The molecule has 1 aliphatic heterocycles. The highest BCUT2D eigenvalue weighted by Crippen LogP contribution is 2.19. The van der Waals surface area contributed by atoms with Crippen molar-refractivity contribution in [3.05, 3.63) is 72.6 Å². The van der Waals surface area contributed by atoms with Crippen molar-refractivity contribution in [3.63, 3.8) is 0 Å². The van der Waals surface area contributed by atoms with Crippen LogP contribution in [0.4, 0.5) is 11.4 Å². The summed E-state index contributed by atoms with van der Waals surface area (Å²) in [5.41, 5.74) is 3.54. The molecule has 0 unspecified atom stereocenters. The van der Waals surface area contributed by atoms with Crippen molar-refractivity contribution in [2.75, 3.05) is 50.1 Å². The highest BCUT2D eigenvalue weighted by molar-refractivity contribution is 5.94. The molecular weight excluding hydrogens is 406 g/mol. The largest absolute Gasteiger partial charge is 0.378 e. The minimum absolute atomic E-state index is 0.0170. The van der Waals surface area contributed by atoms with Crippen LogP contribution in [-0.2, 0) is 20.7 Å². The molecule has 1 fully saturated rings. The number of likely N-dealkylation sites (N-methyl/N-ethyl adjacent to an activating group) is 1. The molecule has 1 aliphatic rings. The van der Waals surface area contributed by atoms with Crippen molar-refractivity contribution in [2.24, 2.45) is 0 Å². The number of nitrogens with zero attached hydrogens (tertiary/aromatic N) is 4. The van der Waals surface area contributed by atoms with Crippen molar-refractivity contribution < 1.29 is 14.3 Å². The lowest BCUT2D eigenvalue weighted by molar-refractivity contribution is -0.132. The second-order valence-corrected chi connectivity index (χ2v) is 7.75. The normalized spacial score (nSPS) is 13.6. The number of rotatable bonds is 7. The first-order valence-electron chi connectivity index (χ1n) is 10.6. The number of amides is 2. The fourth-order valence-electron chi connectivity index (χ4n) is 3.56. The molecule has 2 aromatic carbocycles. The number of hydrogen-bond donors (Lipinski definition) is 1. The quantitative estimate of drug-likeness (QED) is 0.619. The summed E-state index contributed by atoms with van der Waals surface area (Å²) in [5.74, 6) is -0.379. The minimum Gasteiger partial charge on any atom is -0.378 e. The van der Waals surface area contributed by atoms with Crippen LogP contribution in [0.2, 0.25) is 0 Å². The lowest BCUT2D eigenvalue weighted by atomic mass is 10.2. The van der Waals surface area contributed by atoms with Gasteiger partial charge in [0.1, 0.15) is 0 Å². The SMILES string of the molecule is CN(CC(=O)Nc1ccc(N2CCOCC2)cc1)C(=O)Cc1cnn(-c2ccccc2)c1. The topological polar surface area (TPSA) is 79.7 Å². The number of morpholine rings is 1. The Morgan fingerprint density at radius 1 is 1.03 bits per heavy atom. The monoisotopic (exact) mass is 433 g/mol. The molecule has 8 nitrogen and oxygen atoms in total. The maximum atomic E-state index is 12.6. The average molecular weight is 434 g/mol. The first-order chi connectivity index (χ1) is 15.6. The third-order valence-corrected chi connectivity index (χ3v) is 5.35.